The van der Waals surface area contributed by atoms with Gasteiger partial charge >= 0.3 is 0 Å². The summed E-state index contributed by atoms with van der Waals surface area (Å²) in [5, 5.41) is 4.91. The van der Waals surface area contributed by atoms with E-state index in [1.165, 1.54) is 12.1 Å². The Balaban J connectivity index is 1.72. The summed E-state index contributed by atoms with van der Waals surface area (Å²) in [5.41, 5.74) is 0.718. The van der Waals surface area contributed by atoms with Crippen LogP contribution in [-0.2, 0) is 11.2 Å². The number of rotatable bonds is 3. The molecule has 3 rings (SSSR count). The Morgan fingerprint density at radius 3 is 3.15 bits per heavy atom. The maximum absolute atomic E-state index is 13.3. The van der Waals surface area contributed by atoms with E-state index in [2.05, 4.69) is 5.32 Å². The van der Waals surface area contributed by atoms with Crippen molar-refractivity contribution < 1.29 is 13.9 Å². The second-order valence-corrected chi connectivity index (χ2v) is 5.73. The molecule has 1 amide bonds. The molecule has 1 aliphatic heterocycles. The van der Waals surface area contributed by atoms with Crippen molar-refractivity contribution in [2.75, 3.05) is 6.61 Å². The van der Waals surface area contributed by atoms with E-state index in [0.717, 1.165) is 10.4 Å². The first-order valence-corrected chi connectivity index (χ1v) is 7.34. The second-order valence-electron chi connectivity index (χ2n) is 4.70. The molecule has 5 heteroatoms. The summed E-state index contributed by atoms with van der Waals surface area (Å²) in [5.74, 6) is 0.292. The minimum atomic E-state index is -0.313. The third-order valence-corrected chi connectivity index (χ3v) is 4.14. The van der Waals surface area contributed by atoms with E-state index in [1.807, 2.05) is 17.5 Å². The lowest BCUT2D eigenvalue weighted by Crippen LogP contribution is -2.33. The molecule has 1 atom stereocenters. The van der Waals surface area contributed by atoms with Crippen molar-refractivity contribution in [1.29, 1.82) is 0 Å². The maximum atomic E-state index is 13.3. The zero-order valence-electron chi connectivity index (χ0n) is 10.8. The number of fused-ring (bicyclic) bond motifs is 1. The summed E-state index contributed by atoms with van der Waals surface area (Å²) >= 11 is 1.56. The van der Waals surface area contributed by atoms with Crippen molar-refractivity contribution in [3.05, 3.63) is 52.0 Å². The van der Waals surface area contributed by atoms with Crippen molar-refractivity contribution >= 4 is 17.2 Å². The highest BCUT2D eigenvalue weighted by Crippen LogP contribution is 2.32. The van der Waals surface area contributed by atoms with Crippen LogP contribution in [0.15, 0.2) is 35.7 Å². The van der Waals surface area contributed by atoms with Crippen LogP contribution in [0.1, 0.15) is 22.9 Å². The Hall–Kier alpha value is -1.88. The van der Waals surface area contributed by atoms with Gasteiger partial charge in [-0.15, -0.1) is 11.3 Å². The molecule has 1 unspecified atom stereocenters. The minimum absolute atomic E-state index is 0.0467. The van der Waals surface area contributed by atoms with Gasteiger partial charge in [0.25, 0.3) is 0 Å². The average Bonchev–Trinajstić information content (AvgIpc) is 2.92. The van der Waals surface area contributed by atoms with Crippen LogP contribution < -0.4 is 10.1 Å². The molecular formula is C15H14FNO2S. The standard InChI is InChI=1S/C15H14FNO2S/c16-10-3-4-14-12(8-10)13(5-6-19-14)17-15(18)9-11-2-1-7-20-11/h1-4,7-8,13H,5-6,9H2,(H,17,18). The summed E-state index contributed by atoms with van der Waals surface area (Å²) in [6.07, 6.45) is 1.02. The molecule has 2 heterocycles. The Labute approximate surface area is 120 Å². The summed E-state index contributed by atoms with van der Waals surface area (Å²) in [7, 11) is 0. The number of carbonyl (C=O) groups excluding carboxylic acids is 1. The van der Waals surface area contributed by atoms with Gasteiger partial charge in [-0.05, 0) is 29.6 Å². The first-order valence-electron chi connectivity index (χ1n) is 6.46. The molecule has 0 saturated heterocycles. The molecule has 0 aliphatic carbocycles. The molecule has 0 radical (unpaired) electrons. The lowest BCUT2D eigenvalue weighted by molar-refractivity contribution is -0.121. The van der Waals surface area contributed by atoms with Crippen LogP contribution >= 0.6 is 11.3 Å². The van der Waals surface area contributed by atoms with Gasteiger partial charge in [-0.1, -0.05) is 6.07 Å². The van der Waals surface area contributed by atoms with Crippen molar-refractivity contribution in [3.8, 4) is 5.75 Å². The van der Waals surface area contributed by atoms with Crippen LogP contribution in [0.3, 0.4) is 0 Å². The number of benzene rings is 1. The highest BCUT2D eigenvalue weighted by atomic mass is 32.1. The molecule has 1 aromatic carbocycles. The monoisotopic (exact) mass is 291 g/mol. The van der Waals surface area contributed by atoms with E-state index >= 15 is 0 Å². The van der Waals surface area contributed by atoms with Crippen molar-refractivity contribution in [2.24, 2.45) is 0 Å². The van der Waals surface area contributed by atoms with Crippen molar-refractivity contribution in [1.82, 2.24) is 5.32 Å². The Morgan fingerprint density at radius 1 is 1.45 bits per heavy atom. The number of ether oxygens (including phenoxy) is 1. The topological polar surface area (TPSA) is 38.3 Å². The molecule has 0 bridgehead atoms. The van der Waals surface area contributed by atoms with E-state index in [-0.39, 0.29) is 17.8 Å². The lowest BCUT2D eigenvalue weighted by atomic mass is 10.00. The Bertz CT molecular complexity index is 612. The normalized spacial score (nSPS) is 17.1. The van der Waals surface area contributed by atoms with Gasteiger partial charge in [0.05, 0.1) is 19.1 Å². The van der Waals surface area contributed by atoms with Gasteiger partial charge in [0.1, 0.15) is 11.6 Å². The van der Waals surface area contributed by atoms with Gasteiger partial charge in [-0.2, -0.15) is 0 Å². The fourth-order valence-electron chi connectivity index (χ4n) is 2.33. The minimum Gasteiger partial charge on any atom is -0.493 e. The number of hydrogen-bond donors (Lipinski definition) is 1. The third kappa shape index (κ3) is 2.82. The van der Waals surface area contributed by atoms with E-state index in [9.17, 15) is 9.18 Å². The Morgan fingerprint density at radius 2 is 2.35 bits per heavy atom. The van der Waals surface area contributed by atoms with Gasteiger partial charge in [0, 0.05) is 16.9 Å². The van der Waals surface area contributed by atoms with Gasteiger partial charge in [-0.25, -0.2) is 4.39 Å². The first-order chi connectivity index (χ1) is 9.72. The largest absolute Gasteiger partial charge is 0.493 e. The number of nitrogens with one attached hydrogen (secondary N) is 1. The smallest absolute Gasteiger partial charge is 0.225 e. The van der Waals surface area contributed by atoms with Gasteiger partial charge in [0.2, 0.25) is 5.91 Å². The molecule has 20 heavy (non-hydrogen) atoms. The Kier molecular flexibility index (Phi) is 3.69. The van der Waals surface area contributed by atoms with E-state index in [0.29, 0.717) is 25.2 Å². The van der Waals surface area contributed by atoms with Crippen molar-refractivity contribution in [3.63, 3.8) is 0 Å². The quantitative estimate of drug-likeness (QED) is 0.944. The lowest BCUT2D eigenvalue weighted by Gasteiger charge is -2.26. The van der Waals surface area contributed by atoms with E-state index in [4.69, 9.17) is 4.74 Å². The number of halogens is 1. The summed E-state index contributed by atoms with van der Waals surface area (Å²) in [6.45, 7) is 0.530. The first kappa shape index (κ1) is 13.1. The summed E-state index contributed by atoms with van der Waals surface area (Å²) in [6, 6.07) is 8.09. The number of hydrogen-bond acceptors (Lipinski definition) is 3. The molecule has 0 saturated carbocycles. The molecule has 104 valence electrons. The predicted molar refractivity (Wildman–Crippen MR) is 75.4 cm³/mol. The molecule has 1 aromatic heterocycles. The van der Waals surface area contributed by atoms with Crippen LogP contribution in [-0.4, -0.2) is 12.5 Å². The van der Waals surface area contributed by atoms with E-state index < -0.39 is 0 Å². The third-order valence-electron chi connectivity index (χ3n) is 3.26. The molecule has 3 nitrogen and oxygen atoms in total. The predicted octanol–water partition coefficient (Wildman–Crippen LogP) is 3.07. The van der Waals surface area contributed by atoms with Crippen LogP contribution in [0, 0.1) is 5.82 Å². The molecule has 1 N–H and O–H groups in total. The van der Waals surface area contributed by atoms with Crippen LogP contribution in [0.5, 0.6) is 5.75 Å². The molecule has 0 fully saturated rings. The highest BCUT2D eigenvalue weighted by Gasteiger charge is 2.23. The van der Waals surface area contributed by atoms with Gasteiger partial charge < -0.3 is 10.1 Å². The summed E-state index contributed by atoms with van der Waals surface area (Å²) < 4.78 is 18.8. The number of thiophene rings is 1. The number of amides is 1. The van der Waals surface area contributed by atoms with Gasteiger partial charge in [-0.3, -0.25) is 4.79 Å². The summed E-state index contributed by atoms with van der Waals surface area (Å²) in [4.78, 5) is 13.1. The van der Waals surface area contributed by atoms with Crippen LogP contribution in [0.4, 0.5) is 4.39 Å². The zero-order valence-corrected chi connectivity index (χ0v) is 11.6. The van der Waals surface area contributed by atoms with Crippen LogP contribution in [0.2, 0.25) is 0 Å². The average molecular weight is 291 g/mol. The zero-order chi connectivity index (χ0) is 13.9. The van der Waals surface area contributed by atoms with E-state index in [1.54, 1.807) is 17.4 Å². The molecule has 2 aromatic rings. The SMILES string of the molecule is O=C(Cc1cccs1)NC1CCOc2ccc(F)cc21. The van der Waals surface area contributed by atoms with Crippen molar-refractivity contribution in [2.45, 2.75) is 18.9 Å². The fraction of sp³-hybridized carbons (Fsp3) is 0.267. The fourth-order valence-corrected chi connectivity index (χ4v) is 3.04. The second kappa shape index (κ2) is 5.63. The maximum Gasteiger partial charge on any atom is 0.225 e. The van der Waals surface area contributed by atoms with Gasteiger partial charge in [0.15, 0.2) is 0 Å². The molecular weight excluding hydrogens is 277 g/mol. The highest BCUT2D eigenvalue weighted by molar-refractivity contribution is 7.10. The van der Waals surface area contributed by atoms with Crippen LogP contribution in [0.25, 0.3) is 0 Å². The molecule has 1 aliphatic rings. The number of carbonyl (C=O) groups is 1. The molecule has 0 spiro atoms.